The van der Waals surface area contributed by atoms with Crippen molar-refractivity contribution in [2.75, 3.05) is 11.9 Å². The molecule has 6 nitrogen and oxygen atoms in total. The molecule has 1 heterocycles. The maximum Gasteiger partial charge on any atom is 0.277 e. The number of benzene rings is 1. The van der Waals surface area contributed by atoms with Crippen molar-refractivity contribution in [2.24, 2.45) is 0 Å². The van der Waals surface area contributed by atoms with E-state index in [9.17, 15) is 4.79 Å². The van der Waals surface area contributed by atoms with Crippen LogP contribution in [0.15, 0.2) is 29.6 Å². The highest BCUT2D eigenvalue weighted by atomic mass is 32.1. The smallest absolute Gasteiger partial charge is 0.277 e. The Balaban J connectivity index is 2.14. The second kappa shape index (κ2) is 5.75. The zero-order valence-corrected chi connectivity index (χ0v) is 9.98. The molecule has 0 aliphatic rings. The molecule has 0 aliphatic carbocycles. The Labute approximate surface area is 107 Å². The maximum atomic E-state index is 11.8. The highest BCUT2D eigenvalue weighted by molar-refractivity contribution is 7.03. The SMILES string of the molecule is N#CCOc1ccccc1NC(=O)c1csnn1. The van der Waals surface area contributed by atoms with Crippen LogP contribution in [0.3, 0.4) is 0 Å². The van der Waals surface area contributed by atoms with Crippen LogP contribution in [0, 0.1) is 11.3 Å². The van der Waals surface area contributed by atoms with E-state index < -0.39 is 0 Å². The number of ether oxygens (including phenoxy) is 1. The van der Waals surface area contributed by atoms with Crippen molar-refractivity contribution in [1.29, 1.82) is 5.26 Å². The normalized spacial score (nSPS) is 9.50. The molecule has 0 atom stereocenters. The first kappa shape index (κ1) is 12.0. The first-order valence-corrected chi connectivity index (χ1v) is 5.82. The number of nitriles is 1. The summed E-state index contributed by atoms with van der Waals surface area (Å²) >= 11 is 1.10. The molecule has 0 fully saturated rings. The topological polar surface area (TPSA) is 87.9 Å². The monoisotopic (exact) mass is 260 g/mol. The van der Waals surface area contributed by atoms with Gasteiger partial charge in [0.25, 0.3) is 5.91 Å². The molecule has 0 saturated carbocycles. The summed E-state index contributed by atoms with van der Waals surface area (Å²) in [6.45, 7) is -0.0782. The number of anilines is 1. The second-order valence-electron chi connectivity index (χ2n) is 3.19. The third kappa shape index (κ3) is 2.81. The molecule has 0 radical (unpaired) electrons. The first-order chi connectivity index (χ1) is 8.81. The summed E-state index contributed by atoms with van der Waals surface area (Å²) < 4.78 is 8.81. The predicted molar refractivity (Wildman–Crippen MR) is 65.4 cm³/mol. The molecule has 0 unspecified atom stereocenters. The molecule has 2 rings (SSSR count). The van der Waals surface area contributed by atoms with Gasteiger partial charge in [-0.15, -0.1) is 5.10 Å². The molecule has 1 aromatic carbocycles. The van der Waals surface area contributed by atoms with Crippen LogP contribution in [-0.4, -0.2) is 22.1 Å². The summed E-state index contributed by atoms with van der Waals surface area (Å²) in [5, 5.41) is 16.3. The van der Waals surface area contributed by atoms with Gasteiger partial charge in [-0.1, -0.05) is 16.6 Å². The molecule has 18 heavy (non-hydrogen) atoms. The lowest BCUT2D eigenvalue weighted by molar-refractivity contribution is 0.102. The van der Waals surface area contributed by atoms with Crippen molar-refractivity contribution >= 4 is 23.1 Å². The van der Waals surface area contributed by atoms with Gasteiger partial charge >= 0.3 is 0 Å². The number of carbonyl (C=O) groups excluding carboxylic acids is 1. The number of nitrogens with zero attached hydrogens (tertiary/aromatic N) is 3. The quantitative estimate of drug-likeness (QED) is 0.903. The standard InChI is InChI=1S/C11H8N4O2S/c12-5-6-17-10-4-2-1-3-8(10)13-11(16)9-7-18-15-14-9/h1-4,7H,6H2,(H,13,16). The zero-order valence-electron chi connectivity index (χ0n) is 9.16. The van der Waals surface area contributed by atoms with Crippen molar-refractivity contribution in [1.82, 2.24) is 9.59 Å². The van der Waals surface area contributed by atoms with Crippen molar-refractivity contribution in [3.8, 4) is 11.8 Å². The molecule has 0 bridgehead atoms. The van der Waals surface area contributed by atoms with E-state index in [1.807, 2.05) is 6.07 Å². The van der Waals surface area contributed by atoms with E-state index in [1.165, 1.54) is 0 Å². The molecule has 1 aromatic heterocycles. The zero-order chi connectivity index (χ0) is 12.8. The van der Waals surface area contributed by atoms with Crippen molar-refractivity contribution in [2.45, 2.75) is 0 Å². The number of carbonyl (C=O) groups is 1. The van der Waals surface area contributed by atoms with Crippen LogP contribution in [-0.2, 0) is 0 Å². The van der Waals surface area contributed by atoms with Gasteiger partial charge in [0.15, 0.2) is 12.3 Å². The minimum absolute atomic E-state index is 0.0782. The molecule has 7 heteroatoms. The highest BCUT2D eigenvalue weighted by Gasteiger charge is 2.11. The highest BCUT2D eigenvalue weighted by Crippen LogP contribution is 2.24. The van der Waals surface area contributed by atoms with E-state index in [0.717, 1.165) is 11.5 Å². The molecule has 0 spiro atoms. The molecular formula is C11H8N4O2S. The van der Waals surface area contributed by atoms with Gasteiger partial charge in [0, 0.05) is 5.38 Å². The van der Waals surface area contributed by atoms with E-state index in [0.29, 0.717) is 11.4 Å². The molecular weight excluding hydrogens is 252 g/mol. The second-order valence-corrected chi connectivity index (χ2v) is 3.80. The summed E-state index contributed by atoms with van der Waals surface area (Å²) in [4.78, 5) is 11.8. The molecule has 1 amide bonds. The number of nitrogens with one attached hydrogen (secondary N) is 1. The number of aromatic nitrogens is 2. The molecule has 0 aliphatic heterocycles. The van der Waals surface area contributed by atoms with Gasteiger partial charge in [-0.25, -0.2) is 0 Å². The minimum Gasteiger partial charge on any atom is -0.477 e. The van der Waals surface area contributed by atoms with Crippen LogP contribution in [0.1, 0.15) is 10.5 Å². The van der Waals surface area contributed by atoms with E-state index in [4.69, 9.17) is 10.00 Å². The summed E-state index contributed by atoms with van der Waals surface area (Å²) in [7, 11) is 0. The predicted octanol–water partition coefficient (Wildman–Crippen LogP) is 1.69. The van der Waals surface area contributed by atoms with Gasteiger partial charge < -0.3 is 10.1 Å². The molecule has 0 saturated heterocycles. The largest absolute Gasteiger partial charge is 0.477 e. The van der Waals surface area contributed by atoms with Crippen LogP contribution in [0.25, 0.3) is 0 Å². The van der Waals surface area contributed by atoms with E-state index >= 15 is 0 Å². The van der Waals surface area contributed by atoms with Gasteiger partial charge in [-0.2, -0.15) is 5.26 Å². The molecule has 90 valence electrons. The van der Waals surface area contributed by atoms with Crippen LogP contribution in [0.2, 0.25) is 0 Å². The Morgan fingerprint density at radius 3 is 3.06 bits per heavy atom. The fourth-order valence-corrected chi connectivity index (χ4v) is 1.69. The lowest BCUT2D eigenvalue weighted by Gasteiger charge is -2.09. The summed E-state index contributed by atoms with van der Waals surface area (Å²) in [5.41, 5.74) is 0.737. The van der Waals surface area contributed by atoms with Gasteiger partial charge in [-0.05, 0) is 23.7 Å². The Bertz CT molecular complexity index is 577. The van der Waals surface area contributed by atoms with Crippen molar-refractivity contribution in [3.05, 3.63) is 35.3 Å². The van der Waals surface area contributed by atoms with Crippen LogP contribution >= 0.6 is 11.5 Å². The van der Waals surface area contributed by atoms with Gasteiger partial charge in [0.05, 0.1) is 5.69 Å². The van der Waals surface area contributed by atoms with Crippen molar-refractivity contribution < 1.29 is 9.53 Å². The number of para-hydroxylation sites is 2. The third-order valence-corrected chi connectivity index (χ3v) is 2.52. The number of rotatable bonds is 4. The Hall–Kier alpha value is -2.46. The minimum atomic E-state index is -0.364. The summed E-state index contributed by atoms with van der Waals surface area (Å²) in [6.07, 6.45) is 0. The third-order valence-electron chi connectivity index (χ3n) is 2.02. The maximum absolute atomic E-state index is 11.8. The Kier molecular flexibility index (Phi) is 3.83. The number of hydrogen-bond donors (Lipinski definition) is 1. The number of hydrogen-bond acceptors (Lipinski definition) is 6. The van der Waals surface area contributed by atoms with Gasteiger partial charge in [0.2, 0.25) is 0 Å². The average Bonchev–Trinajstić information content (AvgIpc) is 2.91. The summed E-state index contributed by atoms with van der Waals surface area (Å²) in [6, 6.07) is 8.74. The molecule has 1 N–H and O–H groups in total. The van der Waals surface area contributed by atoms with Crippen LogP contribution in [0.5, 0.6) is 5.75 Å². The lowest BCUT2D eigenvalue weighted by Crippen LogP contribution is -2.13. The fraction of sp³-hybridized carbons (Fsp3) is 0.0909. The van der Waals surface area contributed by atoms with Crippen LogP contribution in [0.4, 0.5) is 5.69 Å². The number of amides is 1. The van der Waals surface area contributed by atoms with Gasteiger partial charge in [-0.3, -0.25) is 4.79 Å². The van der Waals surface area contributed by atoms with Gasteiger partial charge in [0.1, 0.15) is 11.8 Å². The van der Waals surface area contributed by atoms with Crippen LogP contribution < -0.4 is 10.1 Å². The van der Waals surface area contributed by atoms with E-state index in [2.05, 4.69) is 14.9 Å². The Morgan fingerprint density at radius 2 is 2.33 bits per heavy atom. The molecule has 2 aromatic rings. The average molecular weight is 260 g/mol. The summed E-state index contributed by atoms with van der Waals surface area (Å²) in [5.74, 6) is 0.0762. The van der Waals surface area contributed by atoms with Crippen molar-refractivity contribution in [3.63, 3.8) is 0 Å². The van der Waals surface area contributed by atoms with E-state index in [-0.39, 0.29) is 18.2 Å². The Morgan fingerprint density at radius 1 is 1.50 bits per heavy atom. The van der Waals surface area contributed by atoms with E-state index in [1.54, 1.807) is 29.6 Å². The lowest BCUT2D eigenvalue weighted by atomic mass is 10.3. The first-order valence-electron chi connectivity index (χ1n) is 4.98. The fourth-order valence-electron chi connectivity index (χ4n) is 1.26.